The lowest BCUT2D eigenvalue weighted by atomic mass is 9.52. The second-order valence-corrected chi connectivity index (χ2v) is 13.4. The fraction of sp³-hybridized carbons (Fsp3) is 0.690. The van der Waals surface area contributed by atoms with Crippen LogP contribution in [0.15, 0.2) is 12.1 Å². The molecule has 6 aliphatic carbocycles. The minimum Gasteiger partial charge on any atom is -0.350 e. The Balaban J connectivity index is 1.36. The van der Waals surface area contributed by atoms with Gasteiger partial charge in [0.1, 0.15) is 0 Å². The van der Waals surface area contributed by atoms with Crippen LogP contribution in [0.3, 0.4) is 0 Å². The quantitative estimate of drug-likeness (QED) is 0.651. The molecular formula is C29H37N3O. The molecule has 6 aliphatic rings. The van der Waals surface area contributed by atoms with E-state index in [4.69, 9.17) is 9.97 Å². The van der Waals surface area contributed by atoms with Crippen molar-refractivity contribution in [3.63, 3.8) is 0 Å². The molecule has 4 heteroatoms. The van der Waals surface area contributed by atoms with Gasteiger partial charge in [-0.05, 0) is 112 Å². The monoisotopic (exact) mass is 443 g/mol. The highest BCUT2D eigenvalue weighted by molar-refractivity contribution is 5.93. The molecule has 2 atom stereocenters. The maximum atomic E-state index is 14.5. The highest BCUT2D eigenvalue weighted by atomic mass is 16.2. The lowest BCUT2D eigenvalue weighted by Crippen LogP contribution is -2.64. The van der Waals surface area contributed by atoms with Crippen molar-refractivity contribution in [2.45, 2.75) is 102 Å². The first-order valence-corrected chi connectivity index (χ1v) is 13.2. The molecule has 1 N–H and O–H groups in total. The van der Waals surface area contributed by atoms with Gasteiger partial charge in [0.15, 0.2) is 0 Å². The number of aromatic nitrogens is 2. The van der Waals surface area contributed by atoms with Gasteiger partial charge < -0.3 is 5.32 Å². The number of carbonyl (C=O) groups excluding carboxylic acids is 1. The van der Waals surface area contributed by atoms with Crippen LogP contribution in [0.5, 0.6) is 0 Å². The summed E-state index contributed by atoms with van der Waals surface area (Å²) >= 11 is 0. The summed E-state index contributed by atoms with van der Waals surface area (Å²) in [4.78, 5) is 25.0. The number of nitrogens with one attached hydrogen (secondary N) is 1. The molecule has 174 valence electrons. The molecular weight excluding hydrogens is 406 g/mol. The van der Waals surface area contributed by atoms with Gasteiger partial charge in [0.05, 0.1) is 27.8 Å². The van der Waals surface area contributed by atoms with Crippen LogP contribution < -0.4 is 5.32 Å². The highest BCUT2D eigenvalue weighted by Gasteiger charge is 2.73. The fourth-order valence-electron chi connectivity index (χ4n) is 9.47. The Morgan fingerprint density at radius 2 is 1.36 bits per heavy atom. The number of carbonyl (C=O) groups is 1. The van der Waals surface area contributed by atoms with Crippen LogP contribution in [-0.4, -0.2) is 21.4 Å². The molecule has 0 saturated heterocycles. The van der Waals surface area contributed by atoms with E-state index in [1.165, 1.54) is 49.7 Å². The minimum absolute atomic E-state index is 0.0242. The summed E-state index contributed by atoms with van der Waals surface area (Å²) in [5, 5.41) is 3.76. The number of amides is 1. The standard InChI is InChI=1S/C29H37N3O/c1-16-8-21-22(9-17(16)2)31-24-23(30-21)27(5)6-7-29(24,26(27,3)4)25(33)32-28-13-18-10-19(14-28)12-20(11-18)15-28/h8-9,18-20H,6-7,10-15H2,1-5H3,(H,32,33). The number of nitrogens with zero attached hydrogens (tertiary/aromatic N) is 2. The Kier molecular flexibility index (Phi) is 3.70. The molecule has 6 bridgehead atoms. The van der Waals surface area contributed by atoms with Gasteiger partial charge in [0, 0.05) is 11.0 Å². The van der Waals surface area contributed by atoms with Crippen molar-refractivity contribution in [2.24, 2.45) is 23.2 Å². The second-order valence-electron chi connectivity index (χ2n) is 13.4. The van der Waals surface area contributed by atoms with Crippen LogP contribution in [-0.2, 0) is 15.6 Å². The lowest BCUT2D eigenvalue weighted by molar-refractivity contribution is -0.136. The van der Waals surface area contributed by atoms with Gasteiger partial charge in [0.2, 0.25) is 5.91 Å². The number of fused-ring (bicyclic) bond motifs is 6. The summed E-state index contributed by atoms with van der Waals surface area (Å²) in [6.07, 6.45) is 9.63. The average Bonchev–Trinajstić information content (AvgIpc) is 3.01. The van der Waals surface area contributed by atoms with Crippen LogP contribution in [0.25, 0.3) is 11.0 Å². The molecule has 0 spiro atoms. The zero-order valence-electron chi connectivity index (χ0n) is 20.8. The summed E-state index contributed by atoms with van der Waals surface area (Å²) < 4.78 is 0. The van der Waals surface area contributed by atoms with E-state index < -0.39 is 5.41 Å². The van der Waals surface area contributed by atoms with Crippen molar-refractivity contribution in [2.75, 3.05) is 0 Å². The van der Waals surface area contributed by atoms with Gasteiger partial charge in [0.25, 0.3) is 0 Å². The van der Waals surface area contributed by atoms with Crippen molar-refractivity contribution in [1.29, 1.82) is 0 Å². The molecule has 8 rings (SSSR count). The number of aryl methyl sites for hydroxylation is 2. The zero-order chi connectivity index (χ0) is 23.0. The molecule has 5 saturated carbocycles. The smallest absolute Gasteiger partial charge is 0.233 e. The van der Waals surface area contributed by atoms with Crippen LogP contribution in [0.4, 0.5) is 0 Å². The van der Waals surface area contributed by atoms with Crippen LogP contribution in [0.2, 0.25) is 0 Å². The maximum Gasteiger partial charge on any atom is 0.233 e. The lowest BCUT2D eigenvalue weighted by Gasteiger charge is -2.57. The second kappa shape index (κ2) is 5.98. The van der Waals surface area contributed by atoms with E-state index in [1.54, 1.807) is 0 Å². The van der Waals surface area contributed by atoms with Gasteiger partial charge in [-0.15, -0.1) is 0 Å². The summed E-state index contributed by atoms with van der Waals surface area (Å²) in [6, 6.07) is 4.33. The summed E-state index contributed by atoms with van der Waals surface area (Å²) in [6.45, 7) is 11.2. The molecule has 1 heterocycles. The third-order valence-electron chi connectivity index (χ3n) is 11.5. The van der Waals surface area contributed by atoms with E-state index in [1.807, 2.05) is 0 Å². The number of benzene rings is 1. The van der Waals surface area contributed by atoms with Crippen LogP contribution >= 0.6 is 0 Å². The third-order valence-corrected chi connectivity index (χ3v) is 11.5. The molecule has 0 aliphatic heterocycles. The summed E-state index contributed by atoms with van der Waals surface area (Å²) in [7, 11) is 0. The zero-order valence-corrected chi connectivity index (χ0v) is 20.8. The van der Waals surface area contributed by atoms with E-state index in [9.17, 15) is 4.79 Å². The van der Waals surface area contributed by atoms with Gasteiger partial charge in [-0.2, -0.15) is 0 Å². The minimum atomic E-state index is -0.583. The maximum absolute atomic E-state index is 14.5. The fourth-order valence-corrected chi connectivity index (χ4v) is 9.47. The van der Waals surface area contributed by atoms with Crippen molar-refractivity contribution >= 4 is 16.9 Å². The Morgan fingerprint density at radius 3 is 1.91 bits per heavy atom. The Labute approximate surface area is 197 Å². The first kappa shape index (κ1) is 20.4. The van der Waals surface area contributed by atoms with Gasteiger partial charge in [-0.1, -0.05) is 20.8 Å². The first-order valence-electron chi connectivity index (χ1n) is 13.2. The normalized spacial score (nSPS) is 41.5. The van der Waals surface area contributed by atoms with Crippen molar-refractivity contribution in [1.82, 2.24) is 15.3 Å². The Morgan fingerprint density at radius 1 is 0.848 bits per heavy atom. The van der Waals surface area contributed by atoms with E-state index in [0.29, 0.717) is 0 Å². The van der Waals surface area contributed by atoms with E-state index >= 15 is 0 Å². The van der Waals surface area contributed by atoms with Gasteiger partial charge in [-0.3, -0.25) is 4.79 Å². The van der Waals surface area contributed by atoms with Crippen molar-refractivity contribution < 1.29 is 4.79 Å². The number of hydrogen-bond donors (Lipinski definition) is 1. The van der Waals surface area contributed by atoms with Gasteiger partial charge >= 0.3 is 0 Å². The SMILES string of the molecule is Cc1cc2nc3c(nc2cc1C)C1(C(=O)NC24CC5CC(CC(C5)C2)C4)CCC3(C)C1(C)C. The van der Waals surface area contributed by atoms with Crippen molar-refractivity contribution in [3.8, 4) is 0 Å². The molecule has 1 aromatic carbocycles. The Bertz CT molecular complexity index is 1190. The Hall–Kier alpha value is -1.97. The van der Waals surface area contributed by atoms with Crippen LogP contribution in [0.1, 0.15) is 94.7 Å². The molecule has 1 aromatic heterocycles. The van der Waals surface area contributed by atoms with E-state index in [2.05, 4.69) is 52.1 Å². The molecule has 2 unspecified atom stereocenters. The molecule has 4 nitrogen and oxygen atoms in total. The van der Waals surface area contributed by atoms with Crippen molar-refractivity contribution in [3.05, 3.63) is 34.6 Å². The number of rotatable bonds is 2. The predicted molar refractivity (Wildman–Crippen MR) is 130 cm³/mol. The summed E-state index contributed by atoms with van der Waals surface area (Å²) in [5.74, 6) is 2.71. The van der Waals surface area contributed by atoms with E-state index in [-0.39, 0.29) is 22.3 Å². The molecule has 33 heavy (non-hydrogen) atoms. The van der Waals surface area contributed by atoms with E-state index in [0.717, 1.165) is 53.0 Å². The average molecular weight is 444 g/mol. The largest absolute Gasteiger partial charge is 0.350 e. The first-order chi connectivity index (χ1) is 15.6. The molecule has 2 aromatic rings. The topological polar surface area (TPSA) is 54.9 Å². The van der Waals surface area contributed by atoms with Crippen LogP contribution in [0, 0.1) is 37.0 Å². The molecule has 1 amide bonds. The summed E-state index contributed by atoms with van der Waals surface area (Å²) in [5.41, 5.74) is 5.54. The molecule has 0 radical (unpaired) electrons. The third kappa shape index (κ3) is 2.31. The van der Waals surface area contributed by atoms with Gasteiger partial charge in [-0.25, -0.2) is 9.97 Å². The molecule has 5 fully saturated rings. The highest BCUT2D eigenvalue weighted by Crippen LogP contribution is 2.70. The number of hydrogen-bond acceptors (Lipinski definition) is 3. The predicted octanol–water partition coefficient (Wildman–Crippen LogP) is 5.66.